The molecule has 3 nitrogen and oxygen atoms in total. The number of nitrogens with two attached hydrogens (primary N) is 1. The van der Waals surface area contributed by atoms with Gasteiger partial charge in [-0.1, -0.05) is 11.6 Å². The number of nitriles is 1. The highest BCUT2D eigenvalue weighted by Crippen LogP contribution is 2.30. The summed E-state index contributed by atoms with van der Waals surface area (Å²) in [5.41, 5.74) is 6.59. The summed E-state index contributed by atoms with van der Waals surface area (Å²) in [6, 6.07) is 7.90. The number of nitrogen functional groups attached to an aromatic ring is 1. The Morgan fingerprint density at radius 2 is 1.89 bits per heavy atom. The molecule has 2 rings (SSSR count). The number of rotatable bonds is 2. The van der Waals surface area contributed by atoms with Gasteiger partial charge < -0.3 is 11.1 Å². The number of benzene rings is 2. The third kappa shape index (κ3) is 2.75. The van der Waals surface area contributed by atoms with Gasteiger partial charge in [0.25, 0.3) is 0 Å². The molecule has 0 aromatic heterocycles. The fourth-order valence-electron chi connectivity index (χ4n) is 1.53. The van der Waals surface area contributed by atoms with Crippen molar-refractivity contribution in [3.05, 3.63) is 52.6 Å². The van der Waals surface area contributed by atoms with Crippen LogP contribution in [0.2, 0.25) is 5.02 Å². The maximum absolute atomic E-state index is 13.2. The van der Waals surface area contributed by atoms with Gasteiger partial charge in [-0.25, -0.2) is 8.78 Å². The van der Waals surface area contributed by atoms with Gasteiger partial charge in [0.05, 0.1) is 27.6 Å². The summed E-state index contributed by atoms with van der Waals surface area (Å²) in [5, 5.41) is 11.6. The zero-order valence-corrected chi connectivity index (χ0v) is 10.3. The summed E-state index contributed by atoms with van der Waals surface area (Å²) in [7, 11) is 0. The second-order valence-electron chi connectivity index (χ2n) is 3.78. The van der Waals surface area contributed by atoms with E-state index >= 15 is 0 Å². The van der Waals surface area contributed by atoms with Crippen LogP contribution in [0.3, 0.4) is 0 Å². The lowest BCUT2D eigenvalue weighted by atomic mass is 10.1. The van der Waals surface area contributed by atoms with Crippen LogP contribution in [0.4, 0.5) is 25.8 Å². The van der Waals surface area contributed by atoms with Crippen LogP contribution in [0, 0.1) is 23.0 Å². The molecule has 0 bridgehead atoms. The molecule has 0 aliphatic carbocycles. The van der Waals surface area contributed by atoms with Crippen LogP contribution in [-0.2, 0) is 0 Å². The van der Waals surface area contributed by atoms with E-state index in [2.05, 4.69) is 5.32 Å². The van der Waals surface area contributed by atoms with Crippen molar-refractivity contribution in [2.45, 2.75) is 0 Å². The van der Waals surface area contributed by atoms with E-state index in [1.54, 1.807) is 0 Å². The van der Waals surface area contributed by atoms with Gasteiger partial charge in [-0.3, -0.25) is 0 Å². The summed E-state index contributed by atoms with van der Waals surface area (Å²) in [6.07, 6.45) is 0. The minimum atomic E-state index is -0.635. The van der Waals surface area contributed by atoms with Crippen molar-refractivity contribution in [2.24, 2.45) is 0 Å². The zero-order chi connectivity index (χ0) is 14.0. The molecule has 0 amide bonds. The topological polar surface area (TPSA) is 61.8 Å². The Morgan fingerprint density at radius 1 is 1.16 bits per heavy atom. The van der Waals surface area contributed by atoms with Gasteiger partial charge in [-0.15, -0.1) is 0 Å². The molecule has 0 spiro atoms. The normalized spacial score (nSPS) is 10.0. The first-order valence-corrected chi connectivity index (χ1v) is 5.60. The molecule has 2 aromatic carbocycles. The predicted molar refractivity (Wildman–Crippen MR) is 70.2 cm³/mol. The van der Waals surface area contributed by atoms with Crippen LogP contribution < -0.4 is 11.1 Å². The molecule has 19 heavy (non-hydrogen) atoms. The number of nitrogens with one attached hydrogen (secondary N) is 1. The Labute approximate surface area is 113 Å². The second-order valence-corrected chi connectivity index (χ2v) is 4.19. The lowest BCUT2D eigenvalue weighted by Crippen LogP contribution is -1.99. The maximum Gasteiger partial charge on any atom is 0.143 e. The highest BCUT2D eigenvalue weighted by molar-refractivity contribution is 6.31. The van der Waals surface area contributed by atoms with Crippen LogP contribution in [0.25, 0.3) is 0 Å². The summed E-state index contributed by atoms with van der Waals surface area (Å²) < 4.78 is 26.2. The fourth-order valence-corrected chi connectivity index (χ4v) is 1.70. The number of anilines is 3. The van der Waals surface area contributed by atoms with E-state index in [1.165, 1.54) is 18.2 Å². The molecule has 96 valence electrons. The minimum absolute atomic E-state index is 0.0997. The van der Waals surface area contributed by atoms with Crippen molar-refractivity contribution in [2.75, 3.05) is 11.1 Å². The molecule has 0 unspecified atom stereocenters. The number of hydrogen-bond donors (Lipinski definition) is 2. The average molecular weight is 280 g/mol. The second kappa shape index (κ2) is 5.12. The standard InChI is InChI=1S/C13H8ClF2N3/c14-9-4-13(11(18)5-10(9)16)19-12-2-1-8(15)3-7(12)6-17/h1-5,19H,18H2. The highest BCUT2D eigenvalue weighted by atomic mass is 35.5. The van der Waals surface area contributed by atoms with Crippen molar-refractivity contribution in [1.82, 2.24) is 0 Å². The van der Waals surface area contributed by atoms with E-state index in [9.17, 15) is 8.78 Å². The van der Waals surface area contributed by atoms with Crippen LogP contribution in [-0.4, -0.2) is 0 Å². The van der Waals surface area contributed by atoms with Crippen molar-refractivity contribution in [1.29, 1.82) is 5.26 Å². The summed E-state index contributed by atoms with van der Waals surface area (Å²) in [6.45, 7) is 0. The van der Waals surface area contributed by atoms with Gasteiger partial charge in [0, 0.05) is 6.07 Å². The van der Waals surface area contributed by atoms with E-state index in [0.29, 0.717) is 11.4 Å². The van der Waals surface area contributed by atoms with Gasteiger partial charge in [0.2, 0.25) is 0 Å². The first kappa shape index (κ1) is 13.1. The maximum atomic E-state index is 13.2. The molecule has 2 aromatic rings. The number of halogens is 3. The molecule has 0 atom stereocenters. The average Bonchev–Trinajstić information content (AvgIpc) is 2.37. The summed E-state index contributed by atoms with van der Waals surface area (Å²) >= 11 is 5.66. The van der Waals surface area contributed by atoms with Crippen LogP contribution in [0.1, 0.15) is 5.56 Å². The van der Waals surface area contributed by atoms with E-state index in [4.69, 9.17) is 22.6 Å². The molecule has 0 saturated heterocycles. The Kier molecular flexibility index (Phi) is 3.54. The first-order valence-electron chi connectivity index (χ1n) is 5.22. The van der Waals surface area contributed by atoms with Crippen LogP contribution >= 0.6 is 11.6 Å². The molecule has 3 N–H and O–H groups in total. The first-order chi connectivity index (χ1) is 9.01. The van der Waals surface area contributed by atoms with E-state index < -0.39 is 11.6 Å². The molecular formula is C13H8ClF2N3. The monoisotopic (exact) mass is 279 g/mol. The molecule has 0 aliphatic heterocycles. The zero-order valence-electron chi connectivity index (χ0n) is 9.55. The molecule has 0 heterocycles. The molecule has 0 fully saturated rings. The van der Waals surface area contributed by atoms with Crippen LogP contribution in [0.15, 0.2) is 30.3 Å². The summed E-state index contributed by atoms with van der Waals surface area (Å²) in [4.78, 5) is 0. The quantitative estimate of drug-likeness (QED) is 0.822. The Bertz CT molecular complexity index is 680. The van der Waals surface area contributed by atoms with E-state index in [0.717, 1.165) is 12.1 Å². The predicted octanol–water partition coefficient (Wildman–Crippen LogP) is 3.82. The smallest absolute Gasteiger partial charge is 0.143 e. The third-order valence-electron chi connectivity index (χ3n) is 2.46. The van der Waals surface area contributed by atoms with E-state index in [1.807, 2.05) is 6.07 Å². The van der Waals surface area contributed by atoms with Crippen molar-refractivity contribution < 1.29 is 8.78 Å². The Balaban J connectivity index is 2.42. The van der Waals surface area contributed by atoms with Crippen molar-refractivity contribution >= 4 is 28.7 Å². The third-order valence-corrected chi connectivity index (χ3v) is 2.75. The lowest BCUT2D eigenvalue weighted by Gasteiger charge is -2.11. The molecular weight excluding hydrogens is 272 g/mol. The Morgan fingerprint density at radius 3 is 2.58 bits per heavy atom. The van der Waals surface area contributed by atoms with Gasteiger partial charge in [-0.05, 0) is 24.3 Å². The molecule has 0 aliphatic rings. The SMILES string of the molecule is N#Cc1cc(F)ccc1Nc1cc(Cl)c(F)cc1N. The Hall–Kier alpha value is -2.32. The largest absolute Gasteiger partial charge is 0.397 e. The molecule has 0 radical (unpaired) electrons. The van der Waals surface area contributed by atoms with Crippen molar-refractivity contribution in [3.8, 4) is 6.07 Å². The number of hydrogen-bond acceptors (Lipinski definition) is 3. The van der Waals surface area contributed by atoms with Gasteiger partial charge >= 0.3 is 0 Å². The fraction of sp³-hybridized carbons (Fsp3) is 0. The van der Waals surface area contributed by atoms with E-state index in [-0.39, 0.29) is 16.3 Å². The van der Waals surface area contributed by atoms with Crippen LogP contribution in [0.5, 0.6) is 0 Å². The molecule has 0 saturated carbocycles. The highest BCUT2D eigenvalue weighted by Gasteiger charge is 2.09. The van der Waals surface area contributed by atoms with Gasteiger partial charge in [0.1, 0.15) is 17.7 Å². The van der Waals surface area contributed by atoms with Gasteiger partial charge in [-0.2, -0.15) is 5.26 Å². The van der Waals surface area contributed by atoms with Crippen molar-refractivity contribution in [3.63, 3.8) is 0 Å². The summed E-state index contributed by atoms with van der Waals surface area (Å²) in [5.74, 6) is -1.16. The van der Waals surface area contributed by atoms with Gasteiger partial charge in [0.15, 0.2) is 0 Å². The lowest BCUT2D eigenvalue weighted by molar-refractivity contribution is 0.627. The number of nitrogens with zero attached hydrogens (tertiary/aromatic N) is 1. The minimum Gasteiger partial charge on any atom is -0.397 e. The molecule has 6 heteroatoms.